The molecule has 0 aliphatic rings. The van der Waals surface area contributed by atoms with Crippen molar-refractivity contribution in [3.05, 3.63) is 28.2 Å². The third-order valence-electron chi connectivity index (χ3n) is 2.54. The molecule has 1 aromatic carbocycles. The first kappa shape index (κ1) is 18.1. The molecule has 0 aliphatic carbocycles. The van der Waals surface area contributed by atoms with E-state index in [2.05, 4.69) is 26.0 Å². The van der Waals surface area contributed by atoms with Crippen LogP contribution < -0.4 is 10.0 Å². The van der Waals surface area contributed by atoms with E-state index in [0.29, 0.717) is 11.0 Å². The summed E-state index contributed by atoms with van der Waals surface area (Å²) in [5, 5.41) is 3.02. The standard InChI is InChI=1S/C13H19BrN2O4S/c1-3-15-5-6-16-21(18,19)12-8-10(7-11(14)9-12)13(17)20-4-2/h7-9,15-16H,3-6H2,1-2H3. The van der Waals surface area contributed by atoms with Crippen LogP contribution in [0.1, 0.15) is 24.2 Å². The number of hydrogen-bond acceptors (Lipinski definition) is 5. The van der Waals surface area contributed by atoms with E-state index < -0.39 is 16.0 Å². The largest absolute Gasteiger partial charge is 0.462 e. The highest BCUT2D eigenvalue weighted by molar-refractivity contribution is 9.10. The summed E-state index contributed by atoms with van der Waals surface area (Å²) < 4.78 is 32.2. The third kappa shape index (κ3) is 5.74. The first-order valence-electron chi connectivity index (χ1n) is 6.58. The number of sulfonamides is 1. The molecular formula is C13H19BrN2O4S. The number of benzene rings is 1. The lowest BCUT2D eigenvalue weighted by molar-refractivity contribution is 0.0526. The van der Waals surface area contributed by atoms with Gasteiger partial charge in [0.25, 0.3) is 0 Å². The van der Waals surface area contributed by atoms with Crippen LogP contribution in [0, 0.1) is 0 Å². The fourth-order valence-electron chi connectivity index (χ4n) is 1.58. The zero-order chi connectivity index (χ0) is 15.9. The molecule has 0 atom stereocenters. The summed E-state index contributed by atoms with van der Waals surface area (Å²) in [5.41, 5.74) is 0.193. The van der Waals surface area contributed by atoms with Crippen molar-refractivity contribution in [3.8, 4) is 0 Å². The second kappa shape index (κ2) is 8.47. The van der Waals surface area contributed by atoms with E-state index in [0.717, 1.165) is 6.54 Å². The zero-order valence-electron chi connectivity index (χ0n) is 12.0. The molecule has 0 aliphatic heterocycles. The highest BCUT2D eigenvalue weighted by Crippen LogP contribution is 2.20. The first-order valence-corrected chi connectivity index (χ1v) is 8.86. The van der Waals surface area contributed by atoms with Crippen molar-refractivity contribution in [2.75, 3.05) is 26.2 Å². The Hall–Kier alpha value is -0.960. The van der Waals surface area contributed by atoms with Gasteiger partial charge in [-0.25, -0.2) is 17.9 Å². The molecular weight excluding hydrogens is 360 g/mol. The Morgan fingerprint density at radius 1 is 1.24 bits per heavy atom. The Labute approximate surface area is 133 Å². The molecule has 0 saturated carbocycles. The minimum absolute atomic E-state index is 0.0245. The Kier molecular flexibility index (Phi) is 7.30. The molecule has 0 spiro atoms. The van der Waals surface area contributed by atoms with Crippen molar-refractivity contribution in [3.63, 3.8) is 0 Å². The first-order chi connectivity index (χ1) is 9.90. The molecule has 1 aromatic rings. The Morgan fingerprint density at radius 3 is 2.57 bits per heavy atom. The van der Waals surface area contributed by atoms with Gasteiger partial charge in [-0.1, -0.05) is 22.9 Å². The highest BCUT2D eigenvalue weighted by Gasteiger charge is 2.17. The molecule has 0 amide bonds. The van der Waals surface area contributed by atoms with Crippen molar-refractivity contribution in [2.24, 2.45) is 0 Å². The number of carbonyl (C=O) groups is 1. The summed E-state index contributed by atoms with van der Waals surface area (Å²) in [6.45, 7) is 5.44. The van der Waals surface area contributed by atoms with Gasteiger partial charge >= 0.3 is 5.97 Å². The fraction of sp³-hybridized carbons (Fsp3) is 0.462. The van der Waals surface area contributed by atoms with Crippen LogP contribution in [0.3, 0.4) is 0 Å². The average molecular weight is 379 g/mol. The molecule has 118 valence electrons. The van der Waals surface area contributed by atoms with Crippen LogP contribution in [0.5, 0.6) is 0 Å². The quantitative estimate of drug-likeness (QED) is 0.529. The van der Waals surface area contributed by atoms with Crippen molar-refractivity contribution in [1.82, 2.24) is 10.0 Å². The van der Waals surface area contributed by atoms with Crippen LogP contribution in [0.4, 0.5) is 0 Å². The van der Waals surface area contributed by atoms with Crippen LogP contribution in [-0.4, -0.2) is 40.6 Å². The topological polar surface area (TPSA) is 84.5 Å². The van der Waals surface area contributed by atoms with E-state index in [-0.39, 0.29) is 23.6 Å². The molecule has 0 aromatic heterocycles. The van der Waals surface area contributed by atoms with Gasteiger partial charge in [0.15, 0.2) is 0 Å². The van der Waals surface area contributed by atoms with E-state index in [4.69, 9.17) is 4.74 Å². The number of esters is 1. The molecule has 1 rings (SSSR count). The predicted molar refractivity (Wildman–Crippen MR) is 83.8 cm³/mol. The van der Waals surface area contributed by atoms with Crippen LogP contribution >= 0.6 is 15.9 Å². The predicted octanol–water partition coefficient (Wildman–Crippen LogP) is 1.51. The minimum Gasteiger partial charge on any atom is -0.462 e. The molecule has 21 heavy (non-hydrogen) atoms. The second-order valence-corrected chi connectivity index (χ2v) is 6.83. The Bertz CT molecular complexity index is 590. The number of nitrogens with one attached hydrogen (secondary N) is 2. The lowest BCUT2D eigenvalue weighted by Gasteiger charge is -2.09. The lowest BCUT2D eigenvalue weighted by Crippen LogP contribution is -2.31. The van der Waals surface area contributed by atoms with Crippen molar-refractivity contribution in [1.29, 1.82) is 0 Å². The Morgan fingerprint density at radius 2 is 1.95 bits per heavy atom. The maximum Gasteiger partial charge on any atom is 0.338 e. The third-order valence-corrected chi connectivity index (χ3v) is 4.43. The minimum atomic E-state index is -3.66. The molecule has 6 nitrogen and oxygen atoms in total. The molecule has 2 N–H and O–H groups in total. The van der Waals surface area contributed by atoms with Crippen LogP contribution in [0.25, 0.3) is 0 Å². The van der Waals surface area contributed by atoms with Crippen LogP contribution in [0.15, 0.2) is 27.6 Å². The number of likely N-dealkylation sites (N-methyl/N-ethyl adjacent to an activating group) is 1. The Balaban J connectivity index is 2.93. The molecule has 8 heteroatoms. The van der Waals surface area contributed by atoms with Crippen molar-refractivity contribution in [2.45, 2.75) is 18.7 Å². The summed E-state index contributed by atoms with van der Waals surface area (Å²) in [7, 11) is -3.66. The van der Waals surface area contributed by atoms with E-state index in [9.17, 15) is 13.2 Å². The van der Waals surface area contributed by atoms with E-state index in [1.807, 2.05) is 6.92 Å². The van der Waals surface area contributed by atoms with Gasteiger partial charge in [-0.15, -0.1) is 0 Å². The highest BCUT2D eigenvalue weighted by atomic mass is 79.9. The number of hydrogen-bond donors (Lipinski definition) is 2. The van der Waals surface area contributed by atoms with Crippen LogP contribution in [0.2, 0.25) is 0 Å². The SMILES string of the molecule is CCNCCNS(=O)(=O)c1cc(Br)cc(C(=O)OCC)c1. The van der Waals surface area contributed by atoms with Crippen LogP contribution in [-0.2, 0) is 14.8 Å². The van der Waals surface area contributed by atoms with Gasteiger partial charge in [0.05, 0.1) is 17.1 Å². The summed E-state index contributed by atoms with van der Waals surface area (Å²) in [5.74, 6) is -0.553. The van der Waals surface area contributed by atoms with Gasteiger partial charge in [-0.05, 0) is 31.7 Å². The van der Waals surface area contributed by atoms with Gasteiger partial charge in [-0.2, -0.15) is 0 Å². The van der Waals surface area contributed by atoms with Gasteiger partial charge < -0.3 is 10.1 Å². The summed E-state index contributed by atoms with van der Waals surface area (Å²) in [4.78, 5) is 11.7. The second-order valence-electron chi connectivity index (χ2n) is 4.15. The number of halogens is 1. The maximum absolute atomic E-state index is 12.2. The molecule has 0 unspecified atom stereocenters. The van der Waals surface area contributed by atoms with Crippen molar-refractivity contribution >= 4 is 31.9 Å². The molecule has 0 saturated heterocycles. The maximum atomic E-state index is 12.2. The number of rotatable bonds is 8. The molecule has 0 bridgehead atoms. The van der Waals surface area contributed by atoms with Gasteiger partial charge in [0, 0.05) is 17.6 Å². The van der Waals surface area contributed by atoms with E-state index >= 15 is 0 Å². The molecule has 0 heterocycles. The van der Waals surface area contributed by atoms with Gasteiger partial charge in [0.1, 0.15) is 0 Å². The van der Waals surface area contributed by atoms with Gasteiger partial charge in [0.2, 0.25) is 10.0 Å². The van der Waals surface area contributed by atoms with E-state index in [1.54, 1.807) is 6.92 Å². The number of ether oxygens (including phenoxy) is 1. The van der Waals surface area contributed by atoms with Crippen molar-refractivity contribution < 1.29 is 17.9 Å². The molecule has 0 fully saturated rings. The lowest BCUT2D eigenvalue weighted by atomic mass is 10.2. The smallest absolute Gasteiger partial charge is 0.338 e. The summed E-state index contributed by atoms with van der Waals surface area (Å²) >= 11 is 3.21. The molecule has 0 radical (unpaired) electrons. The van der Waals surface area contributed by atoms with E-state index in [1.165, 1.54) is 18.2 Å². The monoisotopic (exact) mass is 378 g/mol. The normalized spacial score (nSPS) is 11.4. The van der Waals surface area contributed by atoms with Gasteiger partial charge in [-0.3, -0.25) is 0 Å². The fourth-order valence-corrected chi connectivity index (χ4v) is 3.33. The zero-order valence-corrected chi connectivity index (χ0v) is 14.4. The summed E-state index contributed by atoms with van der Waals surface area (Å²) in [6, 6.07) is 4.27. The average Bonchev–Trinajstić information content (AvgIpc) is 2.43. The summed E-state index contributed by atoms with van der Waals surface area (Å²) in [6.07, 6.45) is 0. The number of carbonyl (C=O) groups excluding carboxylic acids is 1.